The predicted molar refractivity (Wildman–Crippen MR) is 63.2 cm³/mol. The van der Waals surface area contributed by atoms with Gasteiger partial charge in [0.05, 0.1) is 0 Å². The predicted octanol–water partition coefficient (Wildman–Crippen LogP) is 4.19. The molecular weight excluding hydrogens is 236 g/mol. The first-order valence-electron chi connectivity index (χ1n) is 5.20. The number of hydrogen-bond donors (Lipinski definition) is 0. The fourth-order valence-corrected chi connectivity index (χ4v) is 3.25. The van der Waals surface area contributed by atoms with E-state index >= 15 is 0 Å². The second kappa shape index (κ2) is 2.73. The zero-order valence-corrected chi connectivity index (χ0v) is 9.73. The van der Waals surface area contributed by atoms with Crippen LogP contribution in [0.25, 0.3) is 5.57 Å². The summed E-state index contributed by atoms with van der Waals surface area (Å²) in [5.74, 6) is 0. The third kappa shape index (κ3) is 1.05. The molecule has 0 N–H and O–H groups in total. The number of aryl methyl sites for hydroxylation is 1. The Bertz CT molecular complexity index is 413. The van der Waals surface area contributed by atoms with Crippen LogP contribution in [0, 0.1) is 5.41 Å². The molecule has 1 aromatic carbocycles. The highest BCUT2D eigenvalue weighted by molar-refractivity contribution is 9.10. The molecule has 1 saturated carbocycles. The third-order valence-electron chi connectivity index (χ3n) is 3.77. The molecule has 0 amide bonds. The summed E-state index contributed by atoms with van der Waals surface area (Å²) in [5.41, 5.74) is 4.75. The van der Waals surface area contributed by atoms with E-state index in [2.05, 4.69) is 40.7 Å². The lowest BCUT2D eigenvalue weighted by molar-refractivity contribution is 0.582. The molecule has 3 rings (SSSR count). The number of benzene rings is 1. The number of fused-ring (bicyclic) bond motifs is 1. The van der Waals surface area contributed by atoms with Gasteiger partial charge in [0, 0.05) is 4.47 Å². The summed E-state index contributed by atoms with van der Waals surface area (Å²) >= 11 is 3.64. The van der Waals surface area contributed by atoms with Gasteiger partial charge in [0.25, 0.3) is 0 Å². The Morgan fingerprint density at radius 2 is 2.00 bits per heavy atom. The lowest BCUT2D eigenvalue weighted by atomic mass is 9.78. The molecule has 14 heavy (non-hydrogen) atoms. The van der Waals surface area contributed by atoms with E-state index in [0.717, 1.165) is 0 Å². The summed E-state index contributed by atoms with van der Waals surface area (Å²) in [4.78, 5) is 0. The van der Waals surface area contributed by atoms with Crippen LogP contribution in [0.2, 0.25) is 0 Å². The largest absolute Gasteiger partial charge is 0.0946 e. The van der Waals surface area contributed by atoms with Gasteiger partial charge in [-0.15, -0.1) is 0 Å². The van der Waals surface area contributed by atoms with Crippen molar-refractivity contribution in [2.75, 3.05) is 0 Å². The van der Waals surface area contributed by atoms with E-state index in [1.165, 1.54) is 46.9 Å². The Labute approximate surface area is 93.2 Å². The summed E-state index contributed by atoms with van der Waals surface area (Å²) in [6.07, 6.45) is 5.25. The van der Waals surface area contributed by atoms with Gasteiger partial charge >= 0.3 is 0 Å². The number of halogens is 1. The van der Waals surface area contributed by atoms with E-state index in [0.29, 0.717) is 5.41 Å². The number of hydrogen-bond acceptors (Lipinski definition) is 0. The van der Waals surface area contributed by atoms with Gasteiger partial charge in [-0.2, -0.15) is 0 Å². The first-order valence-corrected chi connectivity index (χ1v) is 5.99. The van der Waals surface area contributed by atoms with Gasteiger partial charge < -0.3 is 0 Å². The van der Waals surface area contributed by atoms with Crippen LogP contribution in [0.15, 0.2) is 29.3 Å². The first kappa shape index (κ1) is 8.72. The van der Waals surface area contributed by atoms with E-state index in [4.69, 9.17) is 0 Å². The Balaban J connectivity index is 2.18. The molecule has 0 saturated heterocycles. The van der Waals surface area contributed by atoms with E-state index in [9.17, 15) is 0 Å². The van der Waals surface area contributed by atoms with Crippen LogP contribution in [0.4, 0.5) is 0 Å². The molecule has 0 bridgehead atoms. The lowest BCUT2D eigenvalue weighted by Crippen LogP contribution is -2.13. The maximum Gasteiger partial charge on any atom is 0.0253 e. The molecule has 72 valence electrons. The first-order chi connectivity index (χ1) is 6.73. The van der Waals surface area contributed by atoms with Gasteiger partial charge in [-0.1, -0.05) is 34.6 Å². The Kier molecular flexibility index (Phi) is 1.70. The van der Waals surface area contributed by atoms with Crippen LogP contribution < -0.4 is 0 Å². The fourth-order valence-electron chi connectivity index (χ4n) is 2.61. The standard InChI is InChI=1S/C13H13Br/c1-9-12-10(3-2-4-11(12)14)5-6-13(9)7-8-13/h2-4H,1,5-8H2. The van der Waals surface area contributed by atoms with Crippen LogP contribution in [0.3, 0.4) is 0 Å². The van der Waals surface area contributed by atoms with E-state index in [-0.39, 0.29) is 0 Å². The minimum absolute atomic E-state index is 0.497. The van der Waals surface area contributed by atoms with Crippen molar-refractivity contribution < 1.29 is 0 Å². The van der Waals surface area contributed by atoms with Gasteiger partial charge in [0.1, 0.15) is 0 Å². The SMILES string of the molecule is C=C1c2c(Br)cccc2CCC12CC2. The molecule has 0 heterocycles. The maximum atomic E-state index is 4.30. The van der Waals surface area contributed by atoms with Gasteiger partial charge in [-0.3, -0.25) is 0 Å². The summed E-state index contributed by atoms with van der Waals surface area (Å²) < 4.78 is 1.23. The summed E-state index contributed by atoms with van der Waals surface area (Å²) in [6.45, 7) is 4.30. The molecule has 0 nitrogen and oxygen atoms in total. The molecule has 2 aliphatic rings. The van der Waals surface area contributed by atoms with Crippen LogP contribution in [-0.4, -0.2) is 0 Å². The Morgan fingerprint density at radius 3 is 2.71 bits per heavy atom. The zero-order valence-electron chi connectivity index (χ0n) is 8.15. The molecule has 0 radical (unpaired) electrons. The molecule has 1 heteroatoms. The van der Waals surface area contributed by atoms with E-state index in [1.807, 2.05) is 0 Å². The molecule has 0 aliphatic heterocycles. The highest BCUT2D eigenvalue weighted by atomic mass is 79.9. The molecule has 0 aromatic heterocycles. The molecule has 0 unspecified atom stereocenters. The third-order valence-corrected chi connectivity index (χ3v) is 4.43. The van der Waals surface area contributed by atoms with Crippen LogP contribution in [0.5, 0.6) is 0 Å². The minimum atomic E-state index is 0.497. The summed E-state index contributed by atoms with van der Waals surface area (Å²) in [7, 11) is 0. The van der Waals surface area contributed by atoms with Gasteiger partial charge in [-0.25, -0.2) is 0 Å². The van der Waals surface area contributed by atoms with Gasteiger partial charge in [0.2, 0.25) is 0 Å². The van der Waals surface area contributed by atoms with Crippen molar-refractivity contribution in [2.24, 2.45) is 5.41 Å². The second-order valence-corrected chi connectivity index (χ2v) is 5.39. The summed E-state index contributed by atoms with van der Waals surface area (Å²) in [6, 6.07) is 6.49. The van der Waals surface area contributed by atoms with Crippen molar-refractivity contribution in [3.05, 3.63) is 40.4 Å². The van der Waals surface area contributed by atoms with Crippen molar-refractivity contribution in [1.29, 1.82) is 0 Å². The zero-order chi connectivity index (χ0) is 9.76. The molecular formula is C13H13Br. The normalized spacial score (nSPS) is 22.2. The Morgan fingerprint density at radius 1 is 1.21 bits per heavy atom. The van der Waals surface area contributed by atoms with Crippen LogP contribution in [0.1, 0.15) is 30.4 Å². The van der Waals surface area contributed by atoms with Crippen molar-refractivity contribution in [1.82, 2.24) is 0 Å². The number of rotatable bonds is 0. The quantitative estimate of drug-likeness (QED) is 0.646. The van der Waals surface area contributed by atoms with Crippen LogP contribution in [-0.2, 0) is 6.42 Å². The molecule has 0 atom stereocenters. The topological polar surface area (TPSA) is 0 Å². The van der Waals surface area contributed by atoms with Crippen molar-refractivity contribution in [2.45, 2.75) is 25.7 Å². The fraction of sp³-hybridized carbons (Fsp3) is 0.385. The lowest BCUT2D eigenvalue weighted by Gasteiger charge is -2.27. The molecule has 1 aromatic rings. The highest BCUT2D eigenvalue weighted by Gasteiger charge is 2.47. The van der Waals surface area contributed by atoms with Crippen LogP contribution >= 0.6 is 15.9 Å². The average molecular weight is 249 g/mol. The minimum Gasteiger partial charge on any atom is -0.0946 e. The second-order valence-electron chi connectivity index (χ2n) is 4.53. The molecule has 2 aliphatic carbocycles. The average Bonchev–Trinajstić information content (AvgIpc) is 2.93. The number of allylic oxidation sites excluding steroid dienone is 1. The van der Waals surface area contributed by atoms with E-state index in [1.54, 1.807) is 0 Å². The van der Waals surface area contributed by atoms with Crippen molar-refractivity contribution in [3.8, 4) is 0 Å². The monoisotopic (exact) mass is 248 g/mol. The van der Waals surface area contributed by atoms with Crippen molar-refractivity contribution >= 4 is 21.5 Å². The van der Waals surface area contributed by atoms with Gasteiger partial charge in [-0.05, 0) is 53.9 Å². The summed E-state index contributed by atoms with van der Waals surface area (Å²) in [5, 5.41) is 0. The maximum absolute atomic E-state index is 4.30. The smallest absolute Gasteiger partial charge is 0.0253 e. The highest BCUT2D eigenvalue weighted by Crippen LogP contribution is 2.61. The van der Waals surface area contributed by atoms with Crippen molar-refractivity contribution in [3.63, 3.8) is 0 Å². The Hall–Kier alpha value is -0.560. The molecule has 1 fully saturated rings. The van der Waals surface area contributed by atoms with Gasteiger partial charge in [0.15, 0.2) is 0 Å². The van der Waals surface area contributed by atoms with E-state index < -0.39 is 0 Å². The molecule has 1 spiro atoms.